The van der Waals surface area contributed by atoms with Crippen molar-refractivity contribution in [1.82, 2.24) is 35.1 Å². The molecule has 38 heavy (non-hydrogen) atoms. The Morgan fingerprint density at radius 2 is 1.84 bits per heavy atom. The number of hydrogen-bond donors (Lipinski definition) is 4. The first-order valence-corrected chi connectivity index (χ1v) is 12.5. The lowest BCUT2D eigenvalue weighted by atomic mass is 9.84. The molecule has 10 heteroatoms. The van der Waals surface area contributed by atoms with Gasteiger partial charge in [0.25, 0.3) is 0 Å². The highest BCUT2D eigenvalue weighted by molar-refractivity contribution is 5.98. The van der Waals surface area contributed by atoms with Crippen molar-refractivity contribution in [1.29, 1.82) is 0 Å². The molecule has 0 bridgehead atoms. The zero-order chi connectivity index (χ0) is 25.6. The molecule has 5 aromatic heterocycles. The first kappa shape index (κ1) is 22.5. The molecule has 0 amide bonds. The van der Waals surface area contributed by atoms with Crippen molar-refractivity contribution in [3.8, 4) is 33.8 Å². The molecule has 1 atom stereocenters. The number of aromatic nitrogens is 7. The van der Waals surface area contributed by atoms with E-state index in [-0.39, 0.29) is 5.92 Å². The van der Waals surface area contributed by atoms with E-state index in [9.17, 15) is 5.11 Å². The highest BCUT2D eigenvalue weighted by Gasteiger charge is 2.26. The predicted molar refractivity (Wildman–Crippen MR) is 142 cm³/mol. The number of pyridine rings is 3. The topological polar surface area (TPSA) is 128 Å². The minimum absolute atomic E-state index is 0.234. The molecule has 9 nitrogen and oxygen atoms in total. The molecule has 1 saturated carbocycles. The number of nitrogens with one attached hydrogen (secondary N) is 3. The summed E-state index contributed by atoms with van der Waals surface area (Å²) in [6.45, 7) is 0. The molecule has 5 heterocycles. The zero-order valence-corrected chi connectivity index (χ0v) is 20.2. The van der Waals surface area contributed by atoms with Crippen molar-refractivity contribution in [2.24, 2.45) is 5.92 Å². The van der Waals surface area contributed by atoms with Gasteiger partial charge in [-0.25, -0.2) is 14.4 Å². The SMILES string of the molecule is OC(Nc1cncc(-c2ccc3[nH]nc(-c4nc5c(-c6ccncc6)ccnc5[nH]4)c3c2F)c1)C1CCC1. The van der Waals surface area contributed by atoms with Gasteiger partial charge in [-0.15, -0.1) is 0 Å². The van der Waals surface area contributed by atoms with Crippen LogP contribution in [-0.2, 0) is 0 Å². The van der Waals surface area contributed by atoms with Gasteiger partial charge in [-0.05, 0) is 54.8 Å². The summed E-state index contributed by atoms with van der Waals surface area (Å²) in [5.41, 5.74) is 5.60. The van der Waals surface area contributed by atoms with E-state index in [1.807, 2.05) is 18.2 Å². The fraction of sp³-hybridized carbons (Fsp3) is 0.179. The third kappa shape index (κ3) is 3.77. The standard InChI is InChI=1S/C28H23FN8O/c29-23-19(17-12-18(14-31-13-17)33-28(38)16-2-1-3-16)4-5-21-22(23)25(37-36-21)27-34-24-20(8-11-32-26(24)35-27)15-6-9-30-10-7-15/h4-14,16,28,33,38H,1-3H2,(H,36,37)(H,32,34,35). The van der Waals surface area contributed by atoms with Gasteiger partial charge in [-0.3, -0.25) is 15.1 Å². The predicted octanol–water partition coefficient (Wildman–Crippen LogP) is 5.29. The Bertz CT molecular complexity index is 1780. The molecular weight excluding hydrogens is 483 g/mol. The van der Waals surface area contributed by atoms with Crippen LogP contribution in [-0.4, -0.2) is 46.5 Å². The number of aromatic amines is 2. The molecule has 1 aliphatic carbocycles. The summed E-state index contributed by atoms with van der Waals surface area (Å²) >= 11 is 0. The van der Waals surface area contributed by atoms with Gasteiger partial charge in [0.2, 0.25) is 0 Å². The maximum atomic E-state index is 16.1. The van der Waals surface area contributed by atoms with Gasteiger partial charge in [-0.1, -0.05) is 6.42 Å². The first-order valence-electron chi connectivity index (χ1n) is 12.5. The second-order valence-corrected chi connectivity index (χ2v) is 9.54. The molecular formula is C28H23FN8O. The minimum atomic E-state index is -0.646. The lowest BCUT2D eigenvalue weighted by Crippen LogP contribution is -2.33. The summed E-state index contributed by atoms with van der Waals surface area (Å²) in [5.74, 6) is 0.207. The fourth-order valence-corrected chi connectivity index (χ4v) is 4.96. The summed E-state index contributed by atoms with van der Waals surface area (Å²) in [6, 6.07) is 11.0. The van der Waals surface area contributed by atoms with Gasteiger partial charge < -0.3 is 15.4 Å². The van der Waals surface area contributed by atoms with Crippen LogP contribution in [0.5, 0.6) is 0 Å². The van der Waals surface area contributed by atoms with Crippen molar-refractivity contribution in [3.05, 3.63) is 73.2 Å². The molecule has 1 fully saturated rings. The third-order valence-electron chi connectivity index (χ3n) is 7.23. The van der Waals surface area contributed by atoms with E-state index in [4.69, 9.17) is 4.98 Å². The van der Waals surface area contributed by atoms with Crippen molar-refractivity contribution in [2.75, 3.05) is 5.32 Å². The Labute approximate surface area is 216 Å². The van der Waals surface area contributed by atoms with Crippen LogP contribution in [0.3, 0.4) is 0 Å². The van der Waals surface area contributed by atoms with Crippen LogP contribution in [0.25, 0.3) is 55.8 Å². The summed E-state index contributed by atoms with van der Waals surface area (Å²) < 4.78 is 16.1. The molecule has 0 radical (unpaired) electrons. The minimum Gasteiger partial charge on any atom is -0.374 e. The van der Waals surface area contributed by atoms with Gasteiger partial charge in [-0.2, -0.15) is 5.10 Å². The average Bonchev–Trinajstić information content (AvgIpc) is 3.53. The van der Waals surface area contributed by atoms with Gasteiger partial charge in [0.1, 0.15) is 23.3 Å². The second-order valence-electron chi connectivity index (χ2n) is 9.54. The van der Waals surface area contributed by atoms with Crippen LogP contribution in [0.15, 0.2) is 67.4 Å². The quantitative estimate of drug-likeness (QED) is 0.226. The van der Waals surface area contributed by atoms with Crippen molar-refractivity contribution >= 4 is 27.8 Å². The Hall–Kier alpha value is -4.70. The number of imidazole rings is 1. The normalized spacial score (nSPS) is 14.6. The van der Waals surface area contributed by atoms with Gasteiger partial charge in [0, 0.05) is 47.4 Å². The van der Waals surface area contributed by atoms with E-state index < -0.39 is 12.0 Å². The largest absolute Gasteiger partial charge is 0.374 e. The van der Waals surface area contributed by atoms with Crippen LogP contribution in [0.1, 0.15) is 19.3 Å². The van der Waals surface area contributed by atoms with Gasteiger partial charge in [0.05, 0.1) is 22.8 Å². The van der Waals surface area contributed by atoms with E-state index >= 15 is 4.39 Å². The smallest absolute Gasteiger partial charge is 0.161 e. The number of aliphatic hydroxyl groups excluding tert-OH is 1. The molecule has 0 aliphatic heterocycles. The van der Waals surface area contributed by atoms with Crippen molar-refractivity contribution < 1.29 is 9.50 Å². The number of benzene rings is 1. The van der Waals surface area contributed by atoms with Crippen LogP contribution >= 0.6 is 0 Å². The van der Waals surface area contributed by atoms with E-state index in [0.29, 0.717) is 50.4 Å². The molecule has 4 N–H and O–H groups in total. The van der Waals surface area contributed by atoms with Gasteiger partial charge in [0.15, 0.2) is 11.5 Å². The molecule has 0 spiro atoms. The highest BCUT2D eigenvalue weighted by atomic mass is 19.1. The maximum Gasteiger partial charge on any atom is 0.161 e. The summed E-state index contributed by atoms with van der Waals surface area (Å²) in [5, 5.41) is 21.2. The Balaban J connectivity index is 1.29. The Kier molecular flexibility index (Phi) is 5.33. The van der Waals surface area contributed by atoms with Crippen LogP contribution in [0, 0.1) is 11.7 Å². The second kappa shape index (κ2) is 9.00. The monoisotopic (exact) mass is 506 g/mol. The lowest BCUT2D eigenvalue weighted by molar-refractivity contribution is 0.0851. The highest BCUT2D eigenvalue weighted by Crippen LogP contribution is 2.36. The number of fused-ring (bicyclic) bond motifs is 2. The molecule has 1 aliphatic rings. The fourth-order valence-electron chi connectivity index (χ4n) is 4.96. The summed E-state index contributed by atoms with van der Waals surface area (Å²) in [4.78, 5) is 20.8. The summed E-state index contributed by atoms with van der Waals surface area (Å²) in [7, 11) is 0. The van der Waals surface area contributed by atoms with Crippen LogP contribution in [0.2, 0.25) is 0 Å². The molecule has 1 unspecified atom stereocenters. The summed E-state index contributed by atoms with van der Waals surface area (Å²) in [6.07, 6.45) is 10.9. The number of H-pyrrole nitrogens is 2. The third-order valence-corrected chi connectivity index (χ3v) is 7.23. The number of anilines is 1. The van der Waals surface area contributed by atoms with Gasteiger partial charge >= 0.3 is 0 Å². The number of aliphatic hydroxyl groups is 1. The molecule has 1 aromatic carbocycles. The Morgan fingerprint density at radius 1 is 0.974 bits per heavy atom. The first-order chi connectivity index (χ1) is 18.7. The Morgan fingerprint density at radius 3 is 2.66 bits per heavy atom. The number of nitrogens with zero attached hydrogens (tertiary/aromatic N) is 5. The number of rotatable bonds is 6. The van der Waals surface area contributed by atoms with Crippen LogP contribution in [0.4, 0.5) is 10.1 Å². The van der Waals surface area contributed by atoms with E-state index in [1.54, 1.807) is 49.2 Å². The molecule has 188 valence electrons. The maximum absolute atomic E-state index is 16.1. The number of hydrogen-bond acceptors (Lipinski definition) is 7. The molecule has 0 saturated heterocycles. The lowest BCUT2D eigenvalue weighted by Gasteiger charge is -2.31. The number of halogens is 1. The van der Waals surface area contributed by atoms with Crippen molar-refractivity contribution in [3.63, 3.8) is 0 Å². The van der Waals surface area contributed by atoms with Crippen LogP contribution < -0.4 is 5.32 Å². The van der Waals surface area contributed by atoms with Crippen molar-refractivity contribution in [2.45, 2.75) is 25.5 Å². The van der Waals surface area contributed by atoms with E-state index in [1.165, 1.54) is 0 Å². The zero-order valence-electron chi connectivity index (χ0n) is 20.2. The molecule has 6 aromatic rings. The van der Waals surface area contributed by atoms with E-state index in [2.05, 4.69) is 35.5 Å². The molecule has 7 rings (SSSR count). The average molecular weight is 507 g/mol. The van der Waals surface area contributed by atoms with E-state index in [0.717, 1.165) is 30.4 Å².